The van der Waals surface area contributed by atoms with E-state index in [-0.39, 0.29) is 11.3 Å². The summed E-state index contributed by atoms with van der Waals surface area (Å²) in [6.45, 7) is 3.19. The number of piperidine rings is 1. The molecule has 1 N–H and O–H groups in total. The molecule has 0 bridgehead atoms. The van der Waals surface area contributed by atoms with Gasteiger partial charge in [-0.3, -0.25) is 9.48 Å². The number of ether oxygens (including phenoxy) is 1. The molecule has 1 aliphatic heterocycles. The number of nitrogens with zero attached hydrogens (tertiary/aromatic N) is 3. The van der Waals surface area contributed by atoms with Gasteiger partial charge >= 0.3 is 0 Å². The van der Waals surface area contributed by atoms with Crippen LogP contribution in [-0.4, -0.2) is 60.0 Å². The lowest BCUT2D eigenvalue weighted by Gasteiger charge is -2.41. The van der Waals surface area contributed by atoms with Gasteiger partial charge in [0.05, 0.1) is 6.61 Å². The first-order chi connectivity index (χ1) is 13.6. The molecule has 1 amide bonds. The van der Waals surface area contributed by atoms with Crippen molar-refractivity contribution in [1.29, 1.82) is 0 Å². The predicted octanol–water partition coefficient (Wildman–Crippen LogP) is 2.43. The first-order valence-corrected chi connectivity index (χ1v) is 10.2. The zero-order valence-electron chi connectivity index (χ0n) is 16.8. The Morgan fingerprint density at radius 2 is 2.00 bits per heavy atom. The molecule has 0 spiro atoms. The van der Waals surface area contributed by atoms with Crippen molar-refractivity contribution in [3.63, 3.8) is 0 Å². The molecular weight excluding hydrogens is 352 g/mol. The summed E-state index contributed by atoms with van der Waals surface area (Å²) in [6.07, 6.45) is 4.93. The van der Waals surface area contributed by atoms with Gasteiger partial charge in [0.15, 0.2) is 0 Å². The Hall–Kier alpha value is -2.18. The van der Waals surface area contributed by atoms with Crippen molar-refractivity contribution < 1.29 is 9.53 Å². The van der Waals surface area contributed by atoms with Crippen LogP contribution in [0.15, 0.2) is 42.6 Å². The summed E-state index contributed by atoms with van der Waals surface area (Å²) in [6, 6.07) is 13.1. The Bertz CT molecular complexity index is 796. The minimum absolute atomic E-state index is 0.0333. The van der Waals surface area contributed by atoms with Crippen molar-refractivity contribution in [3.05, 3.63) is 53.9 Å². The summed E-state index contributed by atoms with van der Waals surface area (Å²) >= 11 is 0. The highest BCUT2D eigenvalue weighted by atomic mass is 16.5. The molecular formula is C22H30N4O2. The van der Waals surface area contributed by atoms with E-state index in [1.807, 2.05) is 18.1 Å². The standard InChI is InChI=1S/C22H30N4O2/c1-25-11-8-19(24-25)21(27)26-12-9-22(10-13-26,16-28-2)15-23-20-14-18(20)17-6-4-3-5-7-17/h3-8,11,18,20,23H,9-10,12-16H2,1-2H3/t18-,20-/m0/s1. The molecule has 6 heteroatoms. The molecule has 1 saturated carbocycles. The number of methoxy groups -OCH3 is 1. The normalized spacial score (nSPS) is 23.6. The second-order valence-corrected chi connectivity index (χ2v) is 8.34. The molecule has 2 heterocycles. The minimum Gasteiger partial charge on any atom is -0.384 e. The third-order valence-electron chi connectivity index (χ3n) is 6.25. The largest absolute Gasteiger partial charge is 0.384 e. The third kappa shape index (κ3) is 4.13. The number of benzene rings is 1. The highest BCUT2D eigenvalue weighted by Gasteiger charge is 2.42. The average molecular weight is 383 g/mol. The van der Waals surface area contributed by atoms with Crippen LogP contribution >= 0.6 is 0 Å². The predicted molar refractivity (Wildman–Crippen MR) is 108 cm³/mol. The van der Waals surface area contributed by atoms with E-state index in [0.29, 0.717) is 17.7 Å². The van der Waals surface area contributed by atoms with Crippen molar-refractivity contribution in [2.75, 3.05) is 33.4 Å². The molecule has 4 rings (SSSR count). The summed E-state index contributed by atoms with van der Waals surface area (Å²) in [5.41, 5.74) is 2.06. The monoisotopic (exact) mass is 382 g/mol. The van der Waals surface area contributed by atoms with Crippen molar-refractivity contribution >= 4 is 5.91 Å². The molecule has 2 atom stereocenters. The Balaban J connectivity index is 1.31. The molecule has 2 aromatic rings. The van der Waals surface area contributed by atoms with Crippen LogP contribution in [0.1, 0.15) is 41.2 Å². The zero-order chi connectivity index (χ0) is 19.6. The van der Waals surface area contributed by atoms with Crippen LogP contribution in [0.3, 0.4) is 0 Å². The Labute approximate surface area is 166 Å². The number of carbonyl (C=O) groups is 1. The van der Waals surface area contributed by atoms with Crippen molar-refractivity contribution in [3.8, 4) is 0 Å². The van der Waals surface area contributed by atoms with E-state index >= 15 is 0 Å². The van der Waals surface area contributed by atoms with Crippen molar-refractivity contribution in [2.24, 2.45) is 12.5 Å². The van der Waals surface area contributed by atoms with Gasteiger partial charge < -0.3 is 15.0 Å². The first-order valence-electron chi connectivity index (χ1n) is 10.2. The lowest BCUT2D eigenvalue weighted by Crippen LogP contribution is -2.49. The number of hydrogen-bond donors (Lipinski definition) is 1. The van der Waals surface area contributed by atoms with Gasteiger partial charge in [-0.05, 0) is 30.9 Å². The first kappa shape index (κ1) is 19.2. The van der Waals surface area contributed by atoms with Gasteiger partial charge in [0.2, 0.25) is 0 Å². The topological polar surface area (TPSA) is 59.4 Å². The lowest BCUT2D eigenvalue weighted by atomic mass is 9.78. The molecule has 1 aromatic heterocycles. The smallest absolute Gasteiger partial charge is 0.274 e. The highest BCUT2D eigenvalue weighted by molar-refractivity contribution is 5.92. The van der Waals surface area contributed by atoms with Gasteiger partial charge in [0.1, 0.15) is 5.69 Å². The van der Waals surface area contributed by atoms with Gasteiger partial charge in [-0.15, -0.1) is 0 Å². The second kappa shape index (κ2) is 8.05. The molecule has 0 radical (unpaired) electrons. The maximum atomic E-state index is 12.7. The second-order valence-electron chi connectivity index (χ2n) is 8.34. The number of hydrogen-bond acceptors (Lipinski definition) is 4. The van der Waals surface area contributed by atoms with E-state index in [1.165, 1.54) is 12.0 Å². The van der Waals surface area contributed by atoms with E-state index < -0.39 is 0 Å². The Morgan fingerprint density at radius 1 is 1.25 bits per heavy atom. The van der Waals surface area contributed by atoms with Crippen LogP contribution in [0.5, 0.6) is 0 Å². The summed E-state index contributed by atoms with van der Waals surface area (Å²) in [5.74, 6) is 0.664. The summed E-state index contributed by atoms with van der Waals surface area (Å²) < 4.78 is 7.25. The van der Waals surface area contributed by atoms with E-state index in [9.17, 15) is 4.79 Å². The van der Waals surface area contributed by atoms with Gasteiger partial charge in [0, 0.05) is 57.4 Å². The molecule has 0 unspecified atom stereocenters. The lowest BCUT2D eigenvalue weighted by molar-refractivity contribution is 0.0199. The van der Waals surface area contributed by atoms with Crippen LogP contribution in [0.2, 0.25) is 0 Å². The van der Waals surface area contributed by atoms with E-state index in [1.54, 1.807) is 17.9 Å². The fourth-order valence-electron chi connectivity index (χ4n) is 4.39. The molecule has 2 fully saturated rings. The number of amides is 1. The van der Waals surface area contributed by atoms with E-state index in [0.717, 1.165) is 39.1 Å². The number of nitrogens with one attached hydrogen (secondary N) is 1. The number of carbonyl (C=O) groups excluding carboxylic acids is 1. The van der Waals surface area contributed by atoms with Crippen LogP contribution in [0.4, 0.5) is 0 Å². The molecule has 6 nitrogen and oxygen atoms in total. The molecule has 150 valence electrons. The number of aromatic nitrogens is 2. The molecule has 1 aliphatic carbocycles. The van der Waals surface area contributed by atoms with Gasteiger partial charge in [-0.2, -0.15) is 5.10 Å². The maximum Gasteiger partial charge on any atom is 0.274 e. The van der Waals surface area contributed by atoms with Gasteiger partial charge in [0.25, 0.3) is 5.91 Å². The summed E-state index contributed by atoms with van der Waals surface area (Å²) in [5, 5.41) is 8.03. The van der Waals surface area contributed by atoms with Crippen LogP contribution in [-0.2, 0) is 11.8 Å². The average Bonchev–Trinajstić information content (AvgIpc) is 3.38. The van der Waals surface area contributed by atoms with Crippen LogP contribution in [0, 0.1) is 5.41 Å². The number of rotatable bonds is 7. The zero-order valence-corrected chi connectivity index (χ0v) is 16.8. The van der Waals surface area contributed by atoms with Gasteiger partial charge in [-0.25, -0.2) is 0 Å². The number of aryl methyl sites for hydroxylation is 1. The van der Waals surface area contributed by atoms with Crippen LogP contribution < -0.4 is 5.32 Å². The van der Waals surface area contributed by atoms with Crippen molar-refractivity contribution in [2.45, 2.75) is 31.2 Å². The highest BCUT2D eigenvalue weighted by Crippen LogP contribution is 2.42. The summed E-state index contributed by atoms with van der Waals surface area (Å²) in [7, 11) is 3.61. The fourth-order valence-corrected chi connectivity index (χ4v) is 4.39. The Kier molecular flexibility index (Phi) is 5.51. The number of likely N-dealkylation sites (tertiary alicyclic amines) is 1. The fraction of sp³-hybridized carbons (Fsp3) is 0.545. The maximum absolute atomic E-state index is 12.7. The molecule has 1 saturated heterocycles. The Morgan fingerprint density at radius 3 is 2.64 bits per heavy atom. The summed E-state index contributed by atoms with van der Waals surface area (Å²) in [4.78, 5) is 14.6. The quantitative estimate of drug-likeness (QED) is 0.799. The third-order valence-corrected chi connectivity index (χ3v) is 6.25. The minimum atomic E-state index is 0.0333. The molecule has 1 aromatic carbocycles. The van der Waals surface area contributed by atoms with E-state index in [2.05, 4.69) is 40.7 Å². The SMILES string of the molecule is COCC1(CN[C@H]2C[C@H]2c2ccccc2)CCN(C(=O)c2ccn(C)n2)CC1. The van der Waals surface area contributed by atoms with E-state index in [4.69, 9.17) is 4.74 Å². The molecule has 28 heavy (non-hydrogen) atoms. The van der Waals surface area contributed by atoms with Crippen molar-refractivity contribution in [1.82, 2.24) is 20.0 Å². The van der Waals surface area contributed by atoms with Crippen LogP contribution in [0.25, 0.3) is 0 Å². The van der Waals surface area contributed by atoms with Gasteiger partial charge in [-0.1, -0.05) is 30.3 Å². The molecule has 2 aliphatic rings.